The van der Waals surface area contributed by atoms with Crippen LogP contribution in [0.4, 0.5) is 5.69 Å². The predicted molar refractivity (Wildman–Crippen MR) is 61.8 cm³/mol. The van der Waals surface area contributed by atoms with E-state index in [1.165, 1.54) is 19.3 Å². The average molecular weight is 201 g/mol. The molecular formula is C12H15N3. The number of benzene rings is 1. The molecule has 2 fully saturated rings. The van der Waals surface area contributed by atoms with Gasteiger partial charge in [-0.05, 0) is 36.8 Å². The molecular weight excluding hydrogens is 186 g/mol. The van der Waals surface area contributed by atoms with Gasteiger partial charge in [-0.2, -0.15) is 0 Å². The summed E-state index contributed by atoms with van der Waals surface area (Å²) in [6.45, 7) is 0. The zero-order valence-corrected chi connectivity index (χ0v) is 8.61. The molecule has 78 valence electrons. The van der Waals surface area contributed by atoms with Gasteiger partial charge in [0.05, 0.1) is 6.04 Å². The molecule has 1 atom stereocenters. The molecule has 0 bridgehead atoms. The van der Waals surface area contributed by atoms with Crippen molar-refractivity contribution in [2.24, 2.45) is 16.1 Å². The molecule has 1 aromatic rings. The van der Waals surface area contributed by atoms with Gasteiger partial charge in [0.15, 0.2) is 5.96 Å². The van der Waals surface area contributed by atoms with Gasteiger partial charge in [-0.15, -0.1) is 0 Å². The molecule has 0 amide bonds. The minimum absolute atomic E-state index is 0.494. The fourth-order valence-electron chi connectivity index (χ4n) is 2.08. The normalized spacial score (nSPS) is 26.4. The Hall–Kier alpha value is -1.51. The van der Waals surface area contributed by atoms with Crippen LogP contribution < -0.4 is 11.1 Å². The Morgan fingerprint density at radius 3 is 2.67 bits per heavy atom. The molecule has 3 heteroatoms. The highest BCUT2D eigenvalue weighted by molar-refractivity contribution is 5.92. The standard InChI is InChI=1S/C12H15N3/c13-11(14-9-4-2-1-3-5-9)15-10-8-12(10)6-7-12/h1-5,10H,6-8H2,(H3,13,14,15). The van der Waals surface area contributed by atoms with Gasteiger partial charge in [-0.1, -0.05) is 18.2 Å². The Balaban J connectivity index is 1.63. The van der Waals surface area contributed by atoms with Crippen molar-refractivity contribution in [1.29, 1.82) is 0 Å². The number of rotatable bonds is 2. The van der Waals surface area contributed by atoms with Gasteiger partial charge in [0, 0.05) is 5.69 Å². The second-order valence-electron chi connectivity index (χ2n) is 4.59. The lowest BCUT2D eigenvalue weighted by Crippen LogP contribution is -2.23. The lowest BCUT2D eigenvalue weighted by atomic mass is 10.3. The molecule has 1 aromatic carbocycles. The summed E-state index contributed by atoms with van der Waals surface area (Å²) < 4.78 is 0. The molecule has 0 saturated heterocycles. The van der Waals surface area contributed by atoms with Crippen molar-refractivity contribution >= 4 is 11.6 Å². The second-order valence-corrected chi connectivity index (χ2v) is 4.59. The van der Waals surface area contributed by atoms with Gasteiger partial charge in [0.1, 0.15) is 0 Å². The van der Waals surface area contributed by atoms with Crippen molar-refractivity contribution in [3.8, 4) is 0 Å². The molecule has 1 spiro atoms. The van der Waals surface area contributed by atoms with Gasteiger partial charge in [-0.25, -0.2) is 4.99 Å². The first-order valence-corrected chi connectivity index (χ1v) is 5.44. The van der Waals surface area contributed by atoms with E-state index >= 15 is 0 Å². The fraction of sp³-hybridized carbons (Fsp3) is 0.417. The number of nitrogens with zero attached hydrogens (tertiary/aromatic N) is 1. The smallest absolute Gasteiger partial charge is 0.193 e. The zero-order valence-electron chi connectivity index (χ0n) is 8.61. The van der Waals surface area contributed by atoms with Gasteiger partial charge in [-0.3, -0.25) is 0 Å². The lowest BCUT2D eigenvalue weighted by Gasteiger charge is -2.04. The number of anilines is 1. The Bertz CT molecular complexity index is 393. The van der Waals surface area contributed by atoms with Crippen LogP contribution >= 0.6 is 0 Å². The summed E-state index contributed by atoms with van der Waals surface area (Å²) in [4.78, 5) is 4.48. The van der Waals surface area contributed by atoms with Gasteiger partial charge >= 0.3 is 0 Å². The van der Waals surface area contributed by atoms with Crippen LogP contribution in [-0.4, -0.2) is 12.0 Å². The zero-order chi connectivity index (χ0) is 10.3. The highest BCUT2D eigenvalue weighted by Gasteiger charge is 2.63. The second kappa shape index (κ2) is 2.99. The highest BCUT2D eigenvalue weighted by Crippen LogP contribution is 2.67. The first kappa shape index (κ1) is 8.77. The molecule has 3 rings (SSSR count). The van der Waals surface area contributed by atoms with Crippen LogP contribution in [0.25, 0.3) is 0 Å². The number of aliphatic imine (C=N–C) groups is 1. The van der Waals surface area contributed by atoms with Crippen LogP contribution in [0.2, 0.25) is 0 Å². The summed E-state index contributed by atoms with van der Waals surface area (Å²) in [6, 6.07) is 10.4. The van der Waals surface area contributed by atoms with Gasteiger partial charge in [0.2, 0.25) is 0 Å². The molecule has 2 aliphatic carbocycles. The van der Waals surface area contributed by atoms with E-state index in [1.54, 1.807) is 0 Å². The van der Waals surface area contributed by atoms with Crippen LogP contribution in [0, 0.1) is 5.41 Å². The summed E-state index contributed by atoms with van der Waals surface area (Å²) in [5, 5.41) is 3.11. The van der Waals surface area contributed by atoms with E-state index in [2.05, 4.69) is 10.3 Å². The number of nitrogens with two attached hydrogens (primary N) is 1. The van der Waals surface area contributed by atoms with Crippen molar-refractivity contribution in [2.45, 2.75) is 25.3 Å². The van der Waals surface area contributed by atoms with E-state index < -0.39 is 0 Å². The van der Waals surface area contributed by atoms with E-state index in [4.69, 9.17) is 5.73 Å². The number of hydrogen-bond acceptors (Lipinski definition) is 1. The SMILES string of the molecule is NC(=NC1CC12CC2)Nc1ccccc1. The van der Waals surface area contributed by atoms with Crippen molar-refractivity contribution in [3.63, 3.8) is 0 Å². The average Bonchev–Trinajstić information content (AvgIpc) is 3.11. The van der Waals surface area contributed by atoms with Crippen molar-refractivity contribution in [2.75, 3.05) is 5.32 Å². The summed E-state index contributed by atoms with van der Waals surface area (Å²) in [5.74, 6) is 0.551. The van der Waals surface area contributed by atoms with Crippen LogP contribution in [0.3, 0.4) is 0 Å². The predicted octanol–water partition coefficient (Wildman–Crippen LogP) is 1.97. The van der Waals surface area contributed by atoms with Crippen LogP contribution in [-0.2, 0) is 0 Å². The minimum Gasteiger partial charge on any atom is -0.370 e. The maximum Gasteiger partial charge on any atom is 0.193 e. The molecule has 15 heavy (non-hydrogen) atoms. The number of hydrogen-bond donors (Lipinski definition) is 2. The largest absolute Gasteiger partial charge is 0.370 e. The molecule has 2 saturated carbocycles. The van der Waals surface area contributed by atoms with Gasteiger partial charge in [0.25, 0.3) is 0 Å². The molecule has 0 aromatic heterocycles. The number of guanidine groups is 1. The maximum absolute atomic E-state index is 5.83. The van der Waals surface area contributed by atoms with E-state index in [9.17, 15) is 0 Å². The molecule has 3 nitrogen and oxygen atoms in total. The van der Waals surface area contributed by atoms with E-state index in [1.807, 2.05) is 30.3 Å². The molecule has 1 unspecified atom stereocenters. The third-order valence-corrected chi connectivity index (χ3v) is 3.38. The first-order chi connectivity index (χ1) is 7.28. The highest BCUT2D eigenvalue weighted by atomic mass is 15.1. The third kappa shape index (κ3) is 1.69. The quantitative estimate of drug-likeness (QED) is 0.567. The fourth-order valence-corrected chi connectivity index (χ4v) is 2.08. The van der Waals surface area contributed by atoms with E-state index in [0.717, 1.165) is 5.69 Å². The Morgan fingerprint density at radius 1 is 1.33 bits per heavy atom. The van der Waals surface area contributed by atoms with Gasteiger partial charge < -0.3 is 11.1 Å². The van der Waals surface area contributed by atoms with Crippen molar-refractivity contribution in [3.05, 3.63) is 30.3 Å². The van der Waals surface area contributed by atoms with Crippen molar-refractivity contribution < 1.29 is 0 Å². The molecule has 3 N–H and O–H groups in total. The lowest BCUT2D eigenvalue weighted by molar-refractivity contribution is 0.825. The number of nitrogens with one attached hydrogen (secondary N) is 1. The van der Waals surface area contributed by atoms with Crippen LogP contribution in [0.1, 0.15) is 19.3 Å². The maximum atomic E-state index is 5.83. The Kier molecular flexibility index (Phi) is 1.75. The Labute approximate surface area is 89.4 Å². The summed E-state index contributed by atoms with van der Waals surface area (Å²) >= 11 is 0. The summed E-state index contributed by atoms with van der Waals surface area (Å²) in [5.41, 5.74) is 7.42. The van der Waals surface area contributed by atoms with Crippen LogP contribution in [0.15, 0.2) is 35.3 Å². The topological polar surface area (TPSA) is 50.4 Å². The molecule has 0 aliphatic heterocycles. The summed E-state index contributed by atoms with van der Waals surface area (Å²) in [7, 11) is 0. The molecule has 2 aliphatic rings. The summed E-state index contributed by atoms with van der Waals surface area (Å²) in [6.07, 6.45) is 3.93. The Morgan fingerprint density at radius 2 is 2.07 bits per heavy atom. The molecule has 0 heterocycles. The van der Waals surface area contributed by atoms with Crippen molar-refractivity contribution in [1.82, 2.24) is 0 Å². The minimum atomic E-state index is 0.494. The number of para-hydroxylation sites is 1. The van der Waals surface area contributed by atoms with E-state index in [0.29, 0.717) is 17.4 Å². The van der Waals surface area contributed by atoms with E-state index in [-0.39, 0.29) is 0 Å². The monoisotopic (exact) mass is 201 g/mol. The van der Waals surface area contributed by atoms with Crippen LogP contribution in [0.5, 0.6) is 0 Å². The first-order valence-electron chi connectivity index (χ1n) is 5.44. The third-order valence-electron chi connectivity index (χ3n) is 3.38. The molecule has 0 radical (unpaired) electrons.